The standard InChI is InChI=1S/C16H23NOS/c1-11(2)14-6-4-13(5-7-14)10-19-12(3)16(18)17-15-8-9-15/h4-7,11-12,15H,8-10H2,1-3H3,(H,17,18)/t12-/m1/s1. The molecule has 1 N–H and O–H groups in total. The summed E-state index contributed by atoms with van der Waals surface area (Å²) < 4.78 is 0. The fraction of sp³-hybridized carbons (Fsp3) is 0.562. The first kappa shape index (κ1) is 14.4. The van der Waals surface area contributed by atoms with Crippen molar-refractivity contribution in [2.24, 2.45) is 0 Å². The number of amides is 1. The largest absolute Gasteiger partial charge is 0.352 e. The molecule has 1 fully saturated rings. The molecule has 1 amide bonds. The molecule has 1 aromatic rings. The normalized spacial score (nSPS) is 16.4. The molecule has 0 spiro atoms. The Kier molecular flexibility index (Phi) is 4.92. The van der Waals surface area contributed by atoms with E-state index in [0.717, 1.165) is 18.6 Å². The highest BCUT2D eigenvalue weighted by atomic mass is 32.2. The molecule has 0 aromatic heterocycles. The minimum Gasteiger partial charge on any atom is -0.352 e. The topological polar surface area (TPSA) is 29.1 Å². The lowest BCUT2D eigenvalue weighted by atomic mass is 10.0. The first-order chi connectivity index (χ1) is 9.06. The van der Waals surface area contributed by atoms with E-state index in [1.807, 2.05) is 6.92 Å². The second kappa shape index (κ2) is 6.47. The average Bonchev–Trinajstić information content (AvgIpc) is 3.20. The summed E-state index contributed by atoms with van der Waals surface area (Å²) in [5.41, 5.74) is 2.66. The van der Waals surface area contributed by atoms with Crippen LogP contribution in [0.4, 0.5) is 0 Å². The van der Waals surface area contributed by atoms with Crippen LogP contribution in [0.3, 0.4) is 0 Å². The molecule has 2 rings (SSSR count). The number of carbonyl (C=O) groups is 1. The van der Waals surface area contributed by atoms with Gasteiger partial charge in [0.15, 0.2) is 0 Å². The van der Waals surface area contributed by atoms with Crippen LogP contribution in [0.1, 0.15) is 50.7 Å². The van der Waals surface area contributed by atoms with Crippen molar-refractivity contribution >= 4 is 17.7 Å². The Labute approximate surface area is 120 Å². The third-order valence-corrected chi connectivity index (χ3v) is 4.65. The summed E-state index contributed by atoms with van der Waals surface area (Å²) in [4.78, 5) is 11.8. The van der Waals surface area contributed by atoms with Gasteiger partial charge in [0.25, 0.3) is 0 Å². The van der Waals surface area contributed by atoms with Gasteiger partial charge in [-0.05, 0) is 36.8 Å². The maximum Gasteiger partial charge on any atom is 0.233 e. The van der Waals surface area contributed by atoms with Gasteiger partial charge in [-0.15, -0.1) is 11.8 Å². The first-order valence-electron chi connectivity index (χ1n) is 7.07. The summed E-state index contributed by atoms with van der Waals surface area (Å²) in [5, 5.41) is 3.09. The summed E-state index contributed by atoms with van der Waals surface area (Å²) in [7, 11) is 0. The Bertz CT molecular complexity index is 423. The van der Waals surface area contributed by atoms with E-state index in [0.29, 0.717) is 12.0 Å². The molecular formula is C16H23NOS. The lowest BCUT2D eigenvalue weighted by Crippen LogP contribution is -2.32. The van der Waals surface area contributed by atoms with Gasteiger partial charge in [0.05, 0.1) is 5.25 Å². The number of thioether (sulfide) groups is 1. The second-order valence-corrected chi connectivity index (χ2v) is 6.96. The van der Waals surface area contributed by atoms with E-state index in [4.69, 9.17) is 0 Å². The van der Waals surface area contributed by atoms with E-state index in [1.54, 1.807) is 11.8 Å². The van der Waals surface area contributed by atoms with Gasteiger partial charge in [0.2, 0.25) is 5.91 Å². The lowest BCUT2D eigenvalue weighted by Gasteiger charge is -2.12. The number of carbonyl (C=O) groups excluding carboxylic acids is 1. The molecule has 0 saturated heterocycles. The van der Waals surface area contributed by atoms with Crippen molar-refractivity contribution < 1.29 is 4.79 Å². The molecule has 0 unspecified atom stereocenters. The van der Waals surface area contributed by atoms with Crippen LogP contribution in [0, 0.1) is 0 Å². The minimum atomic E-state index is 0.0328. The van der Waals surface area contributed by atoms with Crippen molar-refractivity contribution in [3.8, 4) is 0 Å². The van der Waals surface area contributed by atoms with E-state index in [-0.39, 0.29) is 11.2 Å². The van der Waals surface area contributed by atoms with Gasteiger partial charge in [-0.25, -0.2) is 0 Å². The zero-order chi connectivity index (χ0) is 13.8. The smallest absolute Gasteiger partial charge is 0.233 e. The predicted molar refractivity (Wildman–Crippen MR) is 82.5 cm³/mol. The number of hydrogen-bond donors (Lipinski definition) is 1. The lowest BCUT2D eigenvalue weighted by molar-refractivity contribution is -0.120. The number of nitrogens with one attached hydrogen (secondary N) is 1. The molecule has 104 valence electrons. The highest BCUT2D eigenvalue weighted by molar-refractivity contribution is 7.99. The van der Waals surface area contributed by atoms with Gasteiger partial charge >= 0.3 is 0 Å². The maximum atomic E-state index is 11.8. The first-order valence-corrected chi connectivity index (χ1v) is 8.12. The Morgan fingerprint density at radius 2 is 1.89 bits per heavy atom. The van der Waals surface area contributed by atoms with Crippen molar-refractivity contribution in [3.05, 3.63) is 35.4 Å². The van der Waals surface area contributed by atoms with E-state index in [1.165, 1.54) is 11.1 Å². The molecule has 1 saturated carbocycles. The number of rotatable bonds is 6. The number of benzene rings is 1. The van der Waals surface area contributed by atoms with Crippen LogP contribution >= 0.6 is 11.8 Å². The van der Waals surface area contributed by atoms with Gasteiger partial charge in [0, 0.05) is 11.8 Å². The molecule has 19 heavy (non-hydrogen) atoms. The molecule has 0 heterocycles. The van der Waals surface area contributed by atoms with Crippen LogP contribution in [-0.4, -0.2) is 17.2 Å². The third-order valence-electron chi connectivity index (χ3n) is 3.44. The molecule has 1 atom stereocenters. The summed E-state index contributed by atoms with van der Waals surface area (Å²) in [6, 6.07) is 9.19. The molecule has 0 bridgehead atoms. The van der Waals surface area contributed by atoms with Crippen molar-refractivity contribution in [1.29, 1.82) is 0 Å². The van der Waals surface area contributed by atoms with Crippen LogP contribution < -0.4 is 5.32 Å². The van der Waals surface area contributed by atoms with Crippen LogP contribution in [0.2, 0.25) is 0 Å². The van der Waals surface area contributed by atoms with Gasteiger partial charge in [0.1, 0.15) is 0 Å². The van der Waals surface area contributed by atoms with E-state index < -0.39 is 0 Å². The van der Waals surface area contributed by atoms with Crippen LogP contribution in [0.15, 0.2) is 24.3 Å². The Morgan fingerprint density at radius 1 is 1.26 bits per heavy atom. The van der Waals surface area contributed by atoms with Crippen LogP contribution in [0.5, 0.6) is 0 Å². The van der Waals surface area contributed by atoms with Gasteiger partial charge < -0.3 is 5.32 Å². The Morgan fingerprint density at radius 3 is 2.42 bits per heavy atom. The monoisotopic (exact) mass is 277 g/mol. The van der Waals surface area contributed by atoms with Crippen molar-refractivity contribution in [2.75, 3.05) is 0 Å². The van der Waals surface area contributed by atoms with E-state index in [9.17, 15) is 4.79 Å². The molecule has 1 aliphatic rings. The average molecular weight is 277 g/mol. The van der Waals surface area contributed by atoms with Gasteiger partial charge in [-0.3, -0.25) is 4.79 Å². The van der Waals surface area contributed by atoms with E-state index >= 15 is 0 Å². The molecule has 1 aliphatic carbocycles. The quantitative estimate of drug-likeness (QED) is 0.859. The molecule has 3 heteroatoms. The van der Waals surface area contributed by atoms with Gasteiger partial charge in [-0.1, -0.05) is 38.1 Å². The Hall–Kier alpha value is -0.960. The summed E-state index contributed by atoms with van der Waals surface area (Å²) in [6.07, 6.45) is 2.31. The fourth-order valence-electron chi connectivity index (χ4n) is 1.84. The highest BCUT2D eigenvalue weighted by Gasteiger charge is 2.25. The molecule has 0 aliphatic heterocycles. The summed E-state index contributed by atoms with van der Waals surface area (Å²) in [6.45, 7) is 6.40. The second-order valence-electron chi connectivity index (χ2n) is 5.63. The van der Waals surface area contributed by atoms with Crippen LogP contribution in [0.25, 0.3) is 0 Å². The summed E-state index contributed by atoms with van der Waals surface area (Å²) >= 11 is 1.71. The molecule has 1 aromatic carbocycles. The number of hydrogen-bond acceptors (Lipinski definition) is 2. The zero-order valence-corrected chi connectivity index (χ0v) is 12.8. The predicted octanol–water partition coefficient (Wildman–Crippen LogP) is 3.71. The van der Waals surface area contributed by atoms with E-state index in [2.05, 4.69) is 43.4 Å². The molecular weight excluding hydrogens is 254 g/mol. The van der Waals surface area contributed by atoms with Crippen LogP contribution in [-0.2, 0) is 10.5 Å². The molecule has 2 nitrogen and oxygen atoms in total. The minimum absolute atomic E-state index is 0.0328. The zero-order valence-electron chi connectivity index (χ0n) is 12.0. The summed E-state index contributed by atoms with van der Waals surface area (Å²) in [5.74, 6) is 1.66. The molecule has 0 radical (unpaired) electrons. The maximum absolute atomic E-state index is 11.8. The van der Waals surface area contributed by atoms with Gasteiger partial charge in [-0.2, -0.15) is 0 Å². The highest BCUT2D eigenvalue weighted by Crippen LogP contribution is 2.23. The van der Waals surface area contributed by atoms with Crippen molar-refractivity contribution in [2.45, 2.75) is 56.6 Å². The fourth-order valence-corrected chi connectivity index (χ4v) is 2.70. The van der Waals surface area contributed by atoms with Crippen molar-refractivity contribution in [3.63, 3.8) is 0 Å². The SMILES string of the molecule is CC(C)c1ccc(CS[C@H](C)C(=O)NC2CC2)cc1. The Balaban J connectivity index is 1.78. The third kappa shape index (κ3) is 4.57. The van der Waals surface area contributed by atoms with Crippen molar-refractivity contribution in [1.82, 2.24) is 5.32 Å².